The van der Waals surface area contributed by atoms with Crippen molar-refractivity contribution < 1.29 is 0 Å². The first-order chi connectivity index (χ1) is 6.22. The lowest BCUT2D eigenvalue weighted by Gasteiger charge is -2.39. The van der Waals surface area contributed by atoms with Crippen LogP contribution in [0.4, 0.5) is 0 Å². The van der Waals surface area contributed by atoms with Crippen LogP contribution in [0.15, 0.2) is 0 Å². The number of nitrogens with one attached hydrogen (secondary N) is 1. The zero-order valence-corrected chi connectivity index (χ0v) is 8.81. The average Bonchev–Trinajstić information content (AvgIpc) is 2.37. The average molecular weight is 199 g/mol. The van der Waals surface area contributed by atoms with E-state index in [9.17, 15) is 0 Å². The third-order valence-corrected chi connectivity index (χ3v) is 3.63. The topological polar surface area (TPSA) is 41.3 Å². The fourth-order valence-corrected chi connectivity index (χ4v) is 2.98. The lowest BCUT2D eigenvalue weighted by Crippen LogP contribution is -2.52. The molecular formula is C9H17N3S. The van der Waals surface area contributed by atoms with Gasteiger partial charge in [-0.25, -0.2) is 0 Å². The molecule has 1 unspecified atom stereocenters. The maximum atomic E-state index is 5.97. The van der Waals surface area contributed by atoms with Crippen LogP contribution < -0.4 is 11.1 Å². The first-order valence-electron chi connectivity index (χ1n) is 4.98. The zero-order chi connectivity index (χ0) is 9.42. The van der Waals surface area contributed by atoms with Gasteiger partial charge in [0.2, 0.25) is 0 Å². The van der Waals surface area contributed by atoms with Crippen molar-refractivity contribution in [2.45, 2.75) is 43.8 Å². The molecule has 3 atom stereocenters. The summed E-state index contributed by atoms with van der Waals surface area (Å²) in [6, 6.07) is 1.61. The summed E-state index contributed by atoms with van der Waals surface area (Å²) in [5.74, 6) is 0. The molecule has 0 amide bonds. The molecule has 13 heavy (non-hydrogen) atoms. The highest BCUT2D eigenvalue weighted by Gasteiger charge is 2.40. The summed E-state index contributed by atoms with van der Waals surface area (Å²) < 4.78 is 0. The van der Waals surface area contributed by atoms with Gasteiger partial charge in [0.15, 0.2) is 5.11 Å². The Kier molecular flexibility index (Phi) is 2.43. The number of nitrogens with two attached hydrogens (primary N) is 1. The van der Waals surface area contributed by atoms with Crippen molar-refractivity contribution in [1.29, 1.82) is 0 Å². The van der Waals surface area contributed by atoms with Crippen LogP contribution in [0.1, 0.15) is 25.7 Å². The van der Waals surface area contributed by atoms with Gasteiger partial charge >= 0.3 is 0 Å². The molecule has 3 nitrogen and oxygen atoms in total. The summed E-state index contributed by atoms with van der Waals surface area (Å²) in [7, 11) is 1.90. The Morgan fingerprint density at radius 2 is 1.92 bits per heavy atom. The number of fused-ring (bicyclic) bond motifs is 2. The predicted octanol–water partition coefficient (Wildman–Crippen LogP) is 0.445. The van der Waals surface area contributed by atoms with Gasteiger partial charge in [-0.05, 0) is 37.9 Å². The molecule has 0 aromatic heterocycles. The van der Waals surface area contributed by atoms with Crippen molar-refractivity contribution in [3.05, 3.63) is 0 Å². The Hall–Kier alpha value is -0.350. The van der Waals surface area contributed by atoms with E-state index in [1.165, 1.54) is 12.8 Å². The largest absolute Gasteiger partial charge is 0.366 e. The fourth-order valence-electron chi connectivity index (χ4n) is 2.68. The molecule has 2 bridgehead atoms. The molecule has 4 heteroatoms. The van der Waals surface area contributed by atoms with Crippen LogP contribution in [0.25, 0.3) is 0 Å². The molecule has 0 radical (unpaired) electrons. The Morgan fingerprint density at radius 1 is 1.38 bits per heavy atom. The van der Waals surface area contributed by atoms with E-state index in [1.54, 1.807) is 0 Å². The van der Waals surface area contributed by atoms with Crippen LogP contribution >= 0.6 is 12.2 Å². The van der Waals surface area contributed by atoms with Crippen LogP contribution in [0.2, 0.25) is 0 Å². The van der Waals surface area contributed by atoms with Crippen molar-refractivity contribution in [3.63, 3.8) is 0 Å². The number of nitrogens with zero attached hydrogens (tertiary/aromatic N) is 1. The zero-order valence-electron chi connectivity index (χ0n) is 7.99. The molecule has 0 aromatic rings. The van der Waals surface area contributed by atoms with Gasteiger partial charge in [-0.1, -0.05) is 0 Å². The molecule has 2 rings (SSSR count). The molecule has 2 fully saturated rings. The van der Waals surface area contributed by atoms with Gasteiger partial charge < -0.3 is 16.0 Å². The minimum Gasteiger partial charge on any atom is -0.366 e. The van der Waals surface area contributed by atoms with Crippen molar-refractivity contribution in [3.8, 4) is 0 Å². The highest BCUT2D eigenvalue weighted by Crippen LogP contribution is 2.34. The fraction of sp³-hybridized carbons (Fsp3) is 0.889. The molecule has 0 aromatic carbocycles. The molecule has 0 spiro atoms. The second-order valence-corrected chi connectivity index (χ2v) is 4.47. The van der Waals surface area contributed by atoms with Gasteiger partial charge in [0.25, 0.3) is 0 Å². The summed E-state index contributed by atoms with van der Waals surface area (Å²) >= 11 is 5.28. The van der Waals surface area contributed by atoms with Crippen molar-refractivity contribution in [2.75, 3.05) is 7.05 Å². The second kappa shape index (κ2) is 3.42. The highest BCUT2D eigenvalue weighted by atomic mass is 32.1. The Labute approximate surface area is 84.7 Å². The Balaban J connectivity index is 2.10. The van der Waals surface area contributed by atoms with E-state index in [2.05, 4.69) is 10.2 Å². The van der Waals surface area contributed by atoms with Gasteiger partial charge in [0.05, 0.1) is 0 Å². The maximum absolute atomic E-state index is 5.97. The molecule has 0 aliphatic carbocycles. The van der Waals surface area contributed by atoms with Crippen LogP contribution in [0.5, 0.6) is 0 Å². The van der Waals surface area contributed by atoms with Crippen LogP contribution in [-0.2, 0) is 0 Å². The van der Waals surface area contributed by atoms with Gasteiger partial charge in [0.1, 0.15) is 0 Å². The van der Waals surface area contributed by atoms with Crippen molar-refractivity contribution in [1.82, 2.24) is 10.2 Å². The molecule has 2 heterocycles. The maximum Gasteiger partial charge on any atom is 0.169 e. The molecule has 2 aliphatic heterocycles. The number of piperidine rings is 1. The Morgan fingerprint density at radius 3 is 2.38 bits per heavy atom. The van der Waals surface area contributed by atoms with Gasteiger partial charge in [-0.15, -0.1) is 0 Å². The minimum atomic E-state index is 0.397. The first kappa shape index (κ1) is 9.21. The van der Waals surface area contributed by atoms with E-state index >= 15 is 0 Å². The summed E-state index contributed by atoms with van der Waals surface area (Å²) in [6.45, 7) is 0. The molecular weight excluding hydrogens is 182 g/mol. The monoisotopic (exact) mass is 199 g/mol. The number of hydrogen-bond donors (Lipinski definition) is 2. The molecule has 2 saturated heterocycles. The summed E-state index contributed by atoms with van der Waals surface area (Å²) in [6.07, 6.45) is 4.75. The highest BCUT2D eigenvalue weighted by molar-refractivity contribution is 7.80. The quantitative estimate of drug-likeness (QED) is 0.556. The number of hydrogen-bond acceptors (Lipinski definition) is 2. The van der Waals surface area contributed by atoms with E-state index < -0.39 is 0 Å². The van der Waals surface area contributed by atoms with Crippen molar-refractivity contribution >= 4 is 17.3 Å². The van der Waals surface area contributed by atoms with E-state index in [1.807, 2.05) is 7.05 Å². The summed E-state index contributed by atoms with van der Waals surface area (Å²) in [5, 5.41) is 3.97. The molecule has 3 N–H and O–H groups in total. The van der Waals surface area contributed by atoms with Crippen LogP contribution in [-0.4, -0.2) is 35.2 Å². The van der Waals surface area contributed by atoms with Crippen LogP contribution in [0.3, 0.4) is 0 Å². The molecule has 74 valence electrons. The second-order valence-electron chi connectivity index (χ2n) is 4.08. The molecule has 0 saturated carbocycles. The predicted molar refractivity (Wildman–Crippen MR) is 57.5 cm³/mol. The van der Waals surface area contributed by atoms with Crippen molar-refractivity contribution in [2.24, 2.45) is 5.73 Å². The summed E-state index contributed by atoms with van der Waals surface area (Å²) in [5.41, 5.74) is 5.97. The van der Waals surface area contributed by atoms with E-state index in [4.69, 9.17) is 18.0 Å². The molecule has 2 aliphatic rings. The lowest BCUT2D eigenvalue weighted by atomic mass is 9.99. The lowest BCUT2D eigenvalue weighted by molar-refractivity contribution is 0.214. The number of rotatable bonds is 0. The van der Waals surface area contributed by atoms with Gasteiger partial charge in [0, 0.05) is 25.2 Å². The SMILES string of the molecule is CNC(=S)N1[C@@H]2CC[C@H]1CC(N)C2. The standard InChI is InChI=1S/C9H17N3S/c1-11-9(13)12-7-2-3-8(12)5-6(10)4-7/h6-8H,2-5,10H2,1H3,(H,11,13)/t6?,7-,8+. The number of thiocarbonyl (C=S) groups is 1. The van der Waals surface area contributed by atoms with E-state index in [0.29, 0.717) is 18.1 Å². The third kappa shape index (κ3) is 1.53. The minimum absolute atomic E-state index is 0.397. The Bertz CT molecular complexity index is 205. The van der Waals surface area contributed by atoms with E-state index in [-0.39, 0.29) is 0 Å². The normalized spacial score (nSPS) is 37.7. The summed E-state index contributed by atoms with van der Waals surface area (Å²) in [4.78, 5) is 2.36. The van der Waals surface area contributed by atoms with Gasteiger partial charge in [-0.2, -0.15) is 0 Å². The third-order valence-electron chi connectivity index (χ3n) is 3.22. The van der Waals surface area contributed by atoms with E-state index in [0.717, 1.165) is 18.0 Å². The van der Waals surface area contributed by atoms with Crippen LogP contribution in [0, 0.1) is 0 Å². The smallest absolute Gasteiger partial charge is 0.169 e. The first-order valence-corrected chi connectivity index (χ1v) is 5.39. The van der Waals surface area contributed by atoms with Gasteiger partial charge in [-0.3, -0.25) is 0 Å².